The predicted octanol–water partition coefficient (Wildman–Crippen LogP) is 3.03. The number of rotatable bonds is 4. The van der Waals surface area contributed by atoms with Gasteiger partial charge in [0.1, 0.15) is 17.6 Å². The van der Waals surface area contributed by atoms with Gasteiger partial charge < -0.3 is 20.4 Å². The Morgan fingerprint density at radius 1 is 1.34 bits per heavy atom. The topological polar surface area (TPSA) is 120 Å². The number of carbonyl (C=O) groups is 2. The van der Waals surface area contributed by atoms with Crippen LogP contribution in [-0.4, -0.2) is 32.8 Å². The van der Waals surface area contributed by atoms with E-state index >= 15 is 0 Å². The summed E-state index contributed by atoms with van der Waals surface area (Å²) in [6.07, 6.45) is 1.37. The van der Waals surface area contributed by atoms with E-state index in [2.05, 4.69) is 15.8 Å². The summed E-state index contributed by atoms with van der Waals surface area (Å²) in [5.41, 5.74) is -0.943. The number of nitrogens with zero attached hydrogens (tertiary/aromatic N) is 3. The van der Waals surface area contributed by atoms with Gasteiger partial charge in [-0.2, -0.15) is 5.26 Å². The van der Waals surface area contributed by atoms with E-state index in [1.165, 1.54) is 29.9 Å². The molecule has 0 aliphatic carbocycles. The summed E-state index contributed by atoms with van der Waals surface area (Å²) in [7, 11) is 1.52. The highest BCUT2D eigenvalue weighted by molar-refractivity contribution is 6.49. The van der Waals surface area contributed by atoms with E-state index in [0.29, 0.717) is 0 Å². The van der Waals surface area contributed by atoms with Crippen LogP contribution in [0.15, 0.2) is 29.6 Å². The predicted molar refractivity (Wildman–Crippen MR) is 106 cm³/mol. The van der Waals surface area contributed by atoms with Crippen LogP contribution in [0.3, 0.4) is 0 Å². The molecule has 152 valence electrons. The molecule has 0 radical (unpaired) electrons. The standard InChI is InChI=1S/C19H19ClFN5O3/c1-19(2,3)24-17(27)15(25-29)12-9-26(4)16(14(12)20)18(28)23-11-5-6-13(21)10(7-11)8-22/h5-7,9,29H,1-4H3,(H,23,28)(H,24,27)/b25-15-. The lowest BCUT2D eigenvalue weighted by Gasteiger charge is -2.20. The average molecular weight is 420 g/mol. The summed E-state index contributed by atoms with van der Waals surface area (Å²) >= 11 is 6.30. The van der Waals surface area contributed by atoms with Crippen LogP contribution >= 0.6 is 11.6 Å². The first kappa shape index (κ1) is 21.9. The van der Waals surface area contributed by atoms with Gasteiger partial charge in [0, 0.05) is 30.0 Å². The molecule has 0 unspecified atom stereocenters. The first-order valence-electron chi connectivity index (χ1n) is 8.39. The minimum Gasteiger partial charge on any atom is -0.410 e. The summed E-state index contributed by atoms with van der Waals surface area (Å²) in [4.78, 5) is 25.1. The Balaban J connectivity index is 2.37. The number of oxime groups is 1. The maximum atomic E-state index is 13.4. The number of nitrogens with one attached hydrogen (secondary N) is 2. The smallest absolute Gasteiger partial charge is 0.274 e. The van der Waals surface area contributed by atoms with Crippen LogP contribution in [0, 0.1) is 17.1 Å². The van der Waals surface area contributed by atoms with Crippen molar-refractivity contribution in [2.45, 2.75) is 26.3 Å². The van der Waals surface area contributed by atoms with Gasteiger partial charge in [-0.3, -0.25) is 9.59 Å². The van der Waals surface area contributed by atoms with Gasteiger partial charge in [-0.25, -0.2) is 4.39 Å². The number of hydrogen-bond acceptors (Lipinski definition) is 5. The third kappa shape index (κ3) is 4.92. The van der Waals surface area contributed by atoms with Crippen molar-refractivity contribution in [1.82, 2.24) is 9.88 Å². The summed E-state index contributed by atoms with van der Waals surface area (Å²) in [6, 6.07) is 5.22. The fourth-order valence-corrected chi connectivity index (χ4v) is 2.88. The van der Waals surface area contributed by atoms with Gasteiger partial charge in [0.25, 0.3) is 11.8 Å². The second-order valence-electron chi connectivity index (χ2n) is 7.23. The van der Waals surface area contributed by atoms with Crippen LogP contribution in [0.5, 0.6) is 0 Å². The van der Waals surface area contributed by atoms with Crippen molar-refractivity contribution in [2.24, 2.45) is 12.2 Å². The molecule has 0 fully saturated rings. The molecule has 0 spiro atoms. The molecule has 0 bridgehead atoms. The molecular weight excluding hydrogens is 401 g/mol. The highest BCUT2D eigenvalue weighted by Crippen LogP contribution is 2.25. The van der Waals surface area contributed by atoms with Crippen LogP contribution in [0.1, 0.15) is 42.4 Å². The highest BCUT2D eigenvalue weighted by atomic mass is 35.5. The average Bonchev–Trinajstić information content (AvgIpc) is 2.90. The van der Waals surface area contributed by atoms with Gasteiger partial charge in [0.2, 0.25) is 0 Å². The Morgan fingerprint density at radius 3 is 2.55 bits per heavy atom. The highest BCUT2D eigenvalue weighted by Gasteiger charge is 2.28. The zero-order chi connectivity index (χ0) is 21.9. The molecular formula is C19H19ClFN5O3. The third-order valence-electron chi connectivity index (χ3n) is 3.74. The van der Waals surface area contributed by atoms with Crippen molar-refractivity contribution in [3.8, 4) is 6.07 Å². The van der Waals surface area contributed by atoms with Gasteiger partial charge >= 0.3 is 0 Å². The van der Waals surface area contributed by atoms with Crippen LogP contribution in [0.2, 0.25) is 5.02 Å². The van der Waals surface area contributed by atoms with Crippen molar-refractivity contribution in [1.29, 1.82) is 5.26 Å². The molecule has 1 heterocycles. The molecule has 1 aromatic heterocycles. The minimum absolute atomic E-state index is 0.0193. The summed E-state index contributed by atoms with van der Waals surface area (Å²) in [6.45, 7) is 5.26. The fraction of sp³-hybridized carbons (Fsp3) is 0.263. The SMILES string of the molecule is Cn1cc(/C(=N/O)C(=O)NC(C)(C)C)c(Cl)c1C(=O)Nc1ccc(F)c(C#N)c1. The normalized spacial score (nSPS) is 11.7. The molecule has 0 atom stereocenters. The largest absolute Gasteiger partial charge is 0.410 e. The van der Waals surface area contributed by atoms with Crippen molar-refractivity contribution in [2.75, 3.05) is 5.32 Å². The lowest BCUT2D eigenvalue weighted by atomic mass is 10.1. The van der Waals surface area contributed by atoms with Crippen LogP contribution in [0.4, 0.5) is 10.1 Å². The van der Waals surface area contributed by atoms with E-state index in [0.717, 1.165) is 6.07 Å². The van der Waals surface area contributed by atoms with Gasteiger partial charge in [-0.1, -0.05) is 16.8 Å². The monoisotopic (exact) mass is 419 g/mol. The zero-order valence-electron chi connectivity index (χ0n) is 16.2. The number of anilines is 1. The number of aromatic nitrogens is 1. The van der Waals surface area contributed by atoms with Crippen molar-refractivity contribution < 1.29 is 19.2 Å². The molecule has 3 N–H and O–H groups in total. The minimum atomic E-state index is -0.710. The van der Waals surface area contributed by atoms with E-state index in [9.17, 15) is 19.2 Å². The van der Waals surface area contributed by atoms with Crippen LogP contribution in [-0.2, 0) is 11.8 Å². The molecule has 2 rings (SSSR count). The van der Waals surface area contributed by atoms with Crippen molar-refractivity contribution in [3.05, 3.63) is 52.1 Å². The maximum absolute atomic E-state index is 13.4. The fourth-order valence-electron chi connectivity index (χ4n) is 2.52. The molecule has 10 heteroatoms. The quantitative estimate of drug-likeness (QED) is 0.400. The second-order valence-corrected chi connectivity index (χ2v) is 7.61. The number of halogens is 2. The van der Waals surface area contributed by atoms with Gasteiger partial charge in [0.15, 0.2) is 5.71 Å². The molecule has 2 amide bonds. The van der Waals surface area contributed by atoms with Crippen LogP contribution in [0.25, 0.3) is 0 Å². The molecule has 0 aliphatic rings. The molecule has 1 aromatic carbocycles. The maximum Gasteiger partial charge on any atom is 0.274 e. The number of carbonyl (C=O) groups excluding carboxylic acids is 2. The van der Waals surface area contributed by atoms with Crippen molar-refractivity contribution in [3.63, 3.8) is 0 Å². The Kier molecular flexibility index (Phi) is 6.29. The molecule has 0 saturated heterocycles. The zero-order valence-corrected chi connectivity index (χ0v) is 16.9. The van der Waals surface area contributed by atoms with E-state index in [-0.39, 0.29) is 33.2 Å². The van der Waals surface area contributed by atoms with E-state index in [1.54, 1.807) is 26.8 Å². The Bertz CT molecular complexity index is 1050. The third-order valence-corrected chi connectivity index (χ3v) is 4.12. The molecule has 29 heavy (non-hydrogen) atoms. The number of hydrogen-bond donors (Lipinski definition) is 3. The Hall–Kier alpha value is -3.38. The van der Waals surface area contributed by atoms with Gasteiger partial charge in [-0.15, -0.1) is 0 Å². The first-order valence-corrected chi connectivity index (χ1v) is 8.77. The number of amides is 2. The van der Waals surface area contributed by atoms with Gasteiger partial charge in [0.05, 0.1) is 10.6 Å². The number of nitriles is 1. The Morgan fingerprint density at radius 2 is 2.00 bits per heavy atom. The Labute approximate surface area is 171 Å². The molecule has 0 saturated carbocycles. The van der Waals surface area contributed by atoms with E-state index in [4.69, 9.17) is 16.9 Å². The summed E-state index contributed by atoms with van der Waals surface area (Å²) in [5, 5.41) is 26.3. The molecule has 8 nitrogen and oxygen atoms in total. The number of benzene rings is 1. The van der Waals surface area contributed by atoms with Crippen LogP contribution < -0.4 is 10.6 Å². The molecule has 0 aliphatic heterocycles. The lowest BCUT2D eigenvalue weighted by molar-refractivity contribution is -0.116. The summed E-state index contributed by atoms with van der Waals surface area (Å²) in [5.74, 6) is -2.04. The summed E-state index contributed by atoms with van der Waals surface area (Å²) < 4.78 is 14.8. The molecule has 2 aromatic rings. The van der Waals surface area contributed by atoms with Gasteiger partial charge in [-0.05, 0) is 39.0 Å². The van der Waals surface area contributed by atoms with Crippen molar-refractivity contribution >= 4 is 34.8 Å². The first-order chi connectivity index (χ1) is 13.5. The van der Waals surface area contributed by atoms with E-state index in [1.807, 2.05) is 0 Å². The lowest BCUT2D eigenvalue weighted by Crippen LogP contribution is -2.44. The second kappa shape index (κ2) is 8.32. The number of aryl methyl sites for hydroxylation is 1. The van der Waals surface area contributed by atoms with E-state index < -0.39 is 23.2 Å².